The fourth-order valence-electron chi connectivity index (χ4n) is 2.77. The molecule has 2 aromatic heterocycles. The summed E-state index contributed by atoms with van der Waals surface area (Å²) in [5.74, 6) is -0.980. The molecule has 0 saturated carbocycles. The van der Waals surface area contributed by atoms with Gasteiger partial charge in [-0.25, -0.2) is 9.78 Å². The van der Waals surface area contributed by atoms with Crippen molar-refractivity contribution in [2.45, 2.75) is 6.54 Å². The van der Waals surface area contributed by atoms with E-state index < -0.39 is 5.97 Å². The number of carboxylic acid groups (broad SMARTS) is 1. The Morgan fingerprint density at radius 1 is 1.07 bits per heavy atom. The highest BCUT2D eigenvalue weighted by molar-refractivity contribution is 7.09. The van der Waals surface area contributed by atoms with Crippen molar-refractivity contribution in [3.05, 3.63) is 94.1 Å². The summed E-state index contributed by atoms with van der Waals surface area (Å²) in [6.07, 6.45) is 7.03. The summed E-state index contributed by atoms with van der Waals surface area (Å²) in [7, 11) is 0. The molecule has 0 unspecified atom stereocenters. The van der Waals surface area contributed by atoms with Gasteiger partial charge in [-0.1, -0.05) is 60.7 Å². The van der Waals surface area contributed by atoms with E-state index in [1.807, 2.05) is 35.7 Å². The average Bonchev–Trinajstić information content (AvgIpc) is 3.38. The molecule has 2 aromatic carbocycles. The molecule has 0 atom stereocenters. The molecule has 0 bridgehead atoms. The second-order valence-electron chi connectivity index (χ2n) is 6.23. The van der Waals surface area contributed by atoms with Gasteiger partial charge in [-0.2, -0.15) is 5.10 Å². The molecule has 0 radical (unpaired) electrons. The Hall–Kier alpha value is -3.51. The van der Waals surface area contributed by atoms with Crippen molar-refractivity contribution in [2.75, 3.05) is 0 Å². The Balaban J connectivity index is 1.50. The molecule has 138 valence electrons. The fourth-order valence-corrected chi connectivity index (χ4v) is 3.57. The molecule has 4 aromatic rings. The van der Waals surface area contributed by atoms with E-state index in [2.05, 4.69) is 46.5 Å². The third-order valence-electron chi connectivity index (χ3n) is 4.18. The van der Waals surface area contributed by atoms with Crippen LogP contribution in [0.1, 0.15) is 26.5 Å². The summed E-state index contributed by atoms with van der Waals surface area (Å²) >= 11 is 1.54. The van der Waals surface area contributed by atoms with Gasteiger partial charge in [-0.05, 0) is 17.2 Å². The first kappa shape index (κ1) is 17.9. The number of aromatic nitrogens is 3. The number of benzene rings is 2. The number of hydrogen-bond acceptors (Lipinski definition) is 4. The van der Waals surface area contributed by atoms with E-state index in [0.717, 1.165) is 27.4 Å². The second kappa shape index (κ2) is 8.02. The summed E-state index contributed by atoms with van der Waals surface area (Å²) < 4.78 is 1.59. The zero-order chi connectivity index (χ0) is 19.3. The molecular formula is C22H17N3O2S. The summed E-state index contributed by atoms with van der Waals surface area (Å²) in [5, 5.41) is 15.9. The zero-order valence-corrected chi connectivity index (χ0v) is 15.7. The van der Waals surface area contributed by atoms with E-state index in [1.54, 1.807) is 4.68 Å². The number of carbonyl (C=O) groups is 1. The number of nitrogens with zero attached hydrogens (tertiary/aromatic N) is 3. The van der Waals surface area contributed by atoms with Crippen LogP contribution in [0.3, 0.4) is 0 Å². The van der Waals surface area contributed by atoms with Crippen LogP contribution in [0.4, 0.5) is 0 Å². The molecular weight excluding hydrogens is 370 g/mol. The quantitative estimate of drug-likeness (QED) is 0.477. The SMILES string of the molecule is O=C(O)c1cnn(Cc2nc(-c3cccc(C=Cc4ccccc4)c3)cs2)c1. The predicted molar refractivity (Wildman–Crippen MR) is 111 cm³/mol. The molecule has 0 aliphatic carbocycles. The monoisotopic (exact) mass is 387 g/mol. The molecule has 0 aliphatic rings. The molecule has 28 heavy (non-hydrogen) atoms. The molecule has 6 heteroatoms. The van der Waals surface area contributed by atoms with E-state index >= 15 is 0 Å². The normalized spacial score (nSPS) is 11.1. The Labute approximate surface area is 166 Å². The molecule has 5 nitrogen and oxygen atoms in total. The van der Waals surface area contributed by atoms with Crippen LogP contribution in [0.25, 0.3) is 23.4 Å². The van der Waals surface area contributed by atoms with Crippen LogP contribution in [0.2, 0.25) is 0 Å². The molecule has 0 spiro atoms. The van der Waals surface area contributed by atoms with Gasteiger partial charge in [0.1, 0.15) is 5.01 Å². The van der Waals surface area contributed by atoms with Gasteiger partial charge >= 0.3 is 5.97 Å². The molecule has 1 N–H and O–H groups in total. The zero-order valence-electron chi connectivity index (χ0n) is 14.9. The standard InChI is InChI=1S/C22H17N3O2S/c26-22(27)19-12-23-25(13-19)14-21-24-20(15-28-21)18-8-4-7-17(11-18)10-9-16-5-2-1-3-6-16/h1-13,15H,14H2,(H,26,27). The minimum atomic E-state index is -0.980. The van der Waals surface area contributed by atoms with Gasteiger partial charge in [-0.3, -0.25) is 4.68 Å². The van der Waals surface area contributed by atoms with Crippen LogP contribution in [-0.4, -0.2) is 25.8 Å². The third-order valence-corrected chi connectivity index (χ3v) is 5.01. The summed E-state index contributed by atoms with van der Waals surface area (Å²) in [4.78, 5) is 15.6. The maximum atomic E-state index is 11.0. The fraction of sp³-hybridized carbons (Fsp3) is 0.0455. The average molecular weight is 387 g/mol. The van der Waals surface area contributed by atoms with Gasteiger partial charge in [0.05, 0.1) is 24.0 Å². The van der Waals surface area contributed by atoms with E-state index in [9.17, 15) is 4.79 Å². The summed E-state index contributed by atoms with van der Waals surface area (Å²) in [5.41, 5.74) is 4.39. The Bertz CT molecular complexity index is 1130. The second-order valence-corrected chi connectivity index (χ2v) is 7.17. The van der Waals surface area contributed by atoms with E-state index in [-0.39, 0.29) is 5.56 Å². The minimum absolute atomic E-state index is 0.176. The number of rotatable bonds is 6. The van der Waals surface area contributed by atoms with Crippen LogP contribution in [0, 0.1) is 0 Å². The predicted octanol–water partition coefficient (Wildman–Crippen LogP) is 4.92. The minimum Gasteiger partial charge on any atom is -0.478 e. The van der Waals surface area contributed by atoms with Crippen molar-refractivity contribution < 1.29 is 9.90 Å². The topological polar surface area (TPSA) is 68.0 Å². The van der Waals surface area contributed by atoms with E-state index in [0.29, 0.717) is 6.54 Å². The lowest BCUT2D eigenvalue weighted by Gasteiger charge is -2.00. The Kier molecular flexibility index (Phi) is 5.12. The lowest BCUT2D eigenvalue weighted by molar-refractivity contribution is 0.0697. The first-order valence-electron chi connectivity index (χ1n) is 8.71. The number of hydrogen-bond donors (Lipinski definition) is 1. The smallest absolute Gasteiger partial charge is 0.338 e. The number of carboxylic acids is 1. The van der Waals surface area contributed by atoms with Crippen molar-refractivity contribution in [1.29, 1.82) is 0 Å². The molecule has 0 fully saturated rings. The summed E-state index contributed by atoms with van der Waals surface area (Å²) in [6.45, 7) is 0.450. The van der Waals surface area contributed by atoms with E-state index in [4.69, 9.17) is 5.11 Å². The number of thiazole rings is 1. The highest BCUT2D eigenvalue weighted by Gasteiger charge is 2.09. The lowest BCUT2D eigenvalue weighted by Crippen LogP contribution is -2.00. The van der Waals surface area contributed by atoms with Crippen molar-refractivity contribution >= 4 is 29.5 Å². The van der Waals surface area contributed by atoms with Crippen molar-refractivity contribution in [1.82, 2.24) is 14.8 Å². The largest absolute Gasteiger partial charge is 0.478 e. The highest BCUT2D eigenvalue weighted by Crippen LogP contribution is 2.24. The Morgan fingerprint density at radius 2 is 1.86 bits per heavy atom. The maximum absolute atomic E-state index is 11.0. The van der Waals surface area contributed by atoms with Gasteiger partial charge < -0.3 is 5.11 Å². The molecule has 0 saturated heterocycles. The van der Waals surface area contributed by atoms with Gasteiger partial charge in [0, 0.05) is 17.1 Å². The molecule has 2 heterocycles. The van der Waals surface area contributed by atoms with Crippen molar-refractivity contribution in [2.24, 2.45) is 0 Å². The highest BCUT2D eigenvalue weighted by atomic mass is 32.1. The lowest BCUT2D eigenvalue weighted by atomic mass is 10.1. The van der Waals surface area contributed by atoms with Crippen LogP contribution < -0.4 is 0 Å². The maximum Gasteiger partial charge on any atom is 0.338 e. The van der Waals surface area contributed by atoms with Gasteiger partial charge in [0.25, 0.3) is 0 Å². The Morgan fingerprint density at radius 3 is 2.64 bits per heavy atom. The molecule has 4 rings (SSSR count). The third kappa shape index (κ3) is 4.24. The van der Waals surface area contributed by atoms with Crippen molar-refractivity contribution in [3.63, 3.8) is 0 Å². The van der Waals surface area contributed by atoms with E-state index in [1.165, 1.54) is 23.7 Å². The molecule has 0 amide bonds. The molecule has 0 aliphatic heterocycles. The van der Waals surface area contributed by atoms with Gasteiger partial charge in [-0.15, -0.1) is 11.3 Å². The number of aromatic carboxylic acids is 1. The summed E-state index contributed by atoms with van der Waals surface area (Å²) in [6, 6.07) is 18.4. The van der Waals surface area contributed by atoms with Gasteiger partial charge in [0.15, 0.2) is 0 Å². The first-order valence-corrected chi connectivity index (χ1v) is 9.59. The van der Waals surface area contributed by atoms with Crippen LogP contribution in [-0.2, 0) is 6.54 Å². The van der Waals surface area contributed by atoms with Crippen molar-refractivity contribution in [3.8, 4) is 11.3 Å². The van der Waals surface area contributed by atoms with Crippen LogP contribution in [0.5, 0.6) is 0 Å². The van der Waals surface area contributed by atoms with Crippen LogP contribution >= 0.6 is 11.3 Å². The first-order chi connectivity index (χ1) is 13.7. The van der Waals surface area contributed by atoms with Crippen LogP contribution in [0.15, 0.2) is 72.4 Å². The van der Waals surface area contributed by atoms with Gasteiger partial charge in [0.2, 0.25) is 0 Å².